The highest BCUT2D eigenvalue weighted by Gasteiger charge is 2.19. The molecule has 0 N–H and O–H groups in total. The Bertz CT molecular complexity index is 3030. The van der Waals surface area contributed by atoms with Gasteiger partial charge in [0.15, 0.2) is 5.58 Å². The molecule has 0 bridgehead atoms. The van der Waals surface area contributed by atoms with Crippen LogP contribution in [0.2, 0.25) is 0 Å². The second-order valence-corrected chi connectivity index (χ2v) is 12.9. The Balaban J connectivity index is 1.12. The van der Waals surface area contributed by atoms with Gasteiger partial charge in [-0.1, -0.05) is 133 Å². The molecule has 0 saturated carbocycles. The predicted octanol–water partition coefficient (Wildman–Crippen LogP) is 12.9. The first-order valence-corrected chi connectivity index (χ1v) is 16.5. The summed E-state index contributed by atoms with van der Waals surface area (Å²) in [6.07, 6.45) is 0. The quantitative estimate of drug-likeness (QED) is 0.182. The molecule has 0 aliphatic heterocycles. The van der Waals surface area contributed by atoms with Crippen LogP contribution in [0.15, 0.2) is 168 Å². The van der Waals surface area contributed by atoms with Crippen molar-refractivity contribution < 1.29 is 4.42 Å². The normalized spacial score (nSPS) is 12.2. The highest BCUT2D eigenvalue weighted by atomic mass is 16.3. The average molecular weight is 610 g/mol. The summed E-state index contributed by atoms with van der Waals surface area (Å²) in [6, 6.07) is 59.5. The number of rotatable bonds is 3. The van der Waals surface area contributed by atoms with Crippen molar-refractivity contribution in [3.8, 4) is 27.9 Å². The third kappa shape index (κ3) is 3.46. The Kier molecular flexibility index (Phi) is 5.14. The number of para-hydroxylation sites is 2. The molecule has 0 fully saturated rings. The lowest BCUT2D eigenvalue weighted by atomic mass is 9.87. The number of aromatic nitrogens is 1. The van der Waals surface area contributed by atoms with Crippen LogP contribution in [0.4, 0.5) is 0 Å². The summed E-state index contributed by atoms with van der Waals surface area (Å²) in [4.78, 5) is 0. The summed E-state index contributed by atoms with van der Waals surface area (Å²) in [5.74, 6) is 0. The number of hydrogen-bond acceptors (Lipinski definition) is 1. The topological polar surface area (TPSA) is 18.1 Å². The third-order valence-electron chi connectivity index (χ3n) is 10.4. The van der Waals surface area contributed by atoms with Crippen LogP contribution in [0.1, 0.15) is 0 Å². The molecule has 9 aromatic carbocycles. The van der Waals surface area contributed by atoms with Gasteiger partial charge in [0.2, 0.25) is 0 Å². The van der Waals surface area contributed by atoms with Crippen LogP contribution in [-0.4, -0.2) is 4.57 Å². The number of nitrogens with zero attached hydrogens (tertiary/aromatic N) is 1. The maximum atomic E-state index is 6.57. The molecular formula is C46H27NO. The Labute approximate surface area is 276 Å². The molecule has 2 nitrogen and oxygen atoms in total. The van der Waals surface area contributed by atoms with Crippen LogP contribution < -0.4 is 0 Å². The highest BCUT2D eigenvalue weighted by Crippen LogP contribution is 2.43. The molecule has 0 aliphatic rings. The standard InChI is InChI=1S/C46H27NO/c1-2-8-28(9-3-1)33-22-16-30-19-25-38-34(23-17-31-18-24-37(33)43(30)44(31)38)29-14-20-32(21-15-29)47-41-12-6-4-10-35(41)39-26-27-40-36-11-5-7-13-42(36)48-46(40)45(39)47/h1-27H. The van der Waals surface area contributed by atoms with Gasteiger partial charge in [-0.05, 0) is 84.9 Å². The van der Waals surface area contributed by atoms with Gasteiger partial charge in [0.25, 0.3) is 0 Å². The molecule has 2 heterocycles. The maximum absolute atomic E-state index is 6.57. The van der Waals surface area contributed by atoms with E-state index in [9.17, 15) is 0 Å². The van der Waals surface area contributed by atoms with Gasteiger partial charge in [0.05, 0.1) is 11.0 Å². The number of fused-ring (bicyclic) bond motifs is 7. The van der Waals surface area contributed by atoms with E-state index in [1.54, 1.807) is 0 Å². The summed E-state index contributed by atoms with van der Waals surface area (Å²) in [5.41, 5.74) is 10.2. The fraction of sp³-hybridized carbons (Fsp3) is 0. The molecule has 0 amide bonds. The summed E-state index contributed by atoms with van der Waals surface area (Å²) in [5, 5.41) is 12.5. The van der Waals surface area contributed by atoms with Gasteiger partial charge in [0, 0.05) is 27.2 Å². The van der Waals surface area contributed by atoms with E-state index in [0.29, 0.717) is 0 Å². The zero-order valence-corrected chi connectivity index (χ0v) is 25.9. The van der Waals surface area contributed by atoms with Crippen molar-refractivity contribution in [1.29, 1.82) is 0 Å². The molecule has 48 heavy (non-hydrogen) atoms. The molecule has 2 heteroatoms. The van der Waals surface area contributed by atoms with Crippen LogP contribution in [-0.2, 0) is 0 Å². The first-order valence-electron chi connectivity index (χ1n) is 16.5. The SMILES string of the molecule is c1ccc(-c2ccc3ccc4c(-c5ccc(-n6c7ccccc7c7ccc8c9ccccc9oc8c76)cc5)ccc5ccc2c3c54)cc1. The minimum absolute atomic E-state index is 0.914. The van der Waals surface area contributed by atoms with Crippen molar-refractivity contribution in [2.45, 2.75) is 0 Å². The molecule has 222 valence electrons. The van der Waals surface area contributed by atoms with E-state index in [1.165, 1.54) is 70.9 Å². The van der Waals surface area contributed by atoms with E-state index < -0.39 is 0 Å². The van der Waals surface area contributed by atoms with E-state index >= 15 is 0 Å². The minimum atomic E-state index is 0.914. The third-order valence-corrected chi connectivity index (χ3v) is 10.4. The fourth-order valence-corrected chi connectivity index (χ4v) is 8.21. The number of hydrogen-bond donors (Lipinski definition) is 0. The zero-order chi connectivity index (χ0) is 31.3. The van der Waals surface area contributed by atoms with Crippen LogP contribution in [0.25, 0.3) is 104 Å². The van der Waals surface area contributed by atoms with Gasteiger partial charge < -0.3 is 8.98 Å². The van der Waals surface area contributed by atoms with E-state index in [4.69, 9.17) is 4.42 Å². The molecule has 0 aliphatic carbocycles. The van der Waals surface area contributed by atoms with Crippen molar-refractivity contribution in [2.75, 3.05) is 0 Å². The van der Waals surface area contributed by atoms with Gasteiger partial charge >= 0.3 is 0 Å². The Hall–Kier alpha value is -6.38. The summed E-state index contributed by atoms with van der Waals surface area (Å²) < 4.78 is 8.94. The molecule has 11 aromatic rings. The molecule has 0 saturated heterocycles. The second-order valence-electron chi connectivity index (χ2n) is 12.9. The lowest BCUT2D eigenvalue weighted by molar-refractivity contribution is 0.671. The lowest BCUT2D eigenvalue weighted by Gasteiger charge is -2.17. The van der Waals surface area contributed by atoms with Crippen molar-refractivity contribution >= 4 is 76.1 Å². The second kappa shape index (κ2) is 9.57. The first-order chi connectivity index (χ1) is 23.8. The van der Waals surface area contributed by atoms with Gasteiger partial charge in [-0.3, -0.25) is 0 Å². The van der Waals surface area contributed by atoms with Crippen molar-refractivity contribution in [3.63, 3.8) is 0 Å². The van der Waals surface area contributed by atoms with Gasteiger partial charge in [0.1, 0.15) is 5.58 Å². The molecule has 0 unspecified atom stereocenters. The fourth-order valence-electron chi connectivity index (χ4n) is 8.21. The van der Waals surface area contributed by atoms with E-state index in [0.717, 1.165) is 33.1 Å². The molecule has 0 radical (unpaired) electrons. The smallest absolute Gasteiger partial charge is 0.160 e. The van der Waals surface area contributed by atoms with Gasteiger partial charge in [-0.15, -0.1) is 0 Å². The summed E-state index contributed by atoms with van der Waals surface area (Å²) in [7, 11) is 0. The number of furan rings is 1. The van der Waals surface area contributed by atoms with Crippen LogP contribution >= 0.6 is 0 Å². The van der Waals surface area contributed by atoms with Crippen LogP contribution in [0, 0.1) is 0 Å². The zero-order valence-electron chi connectivity index (χ0n) is 25.9. The monoisotopic (exact) mass is 609 g/mol. The Morgan fingerprint density at radius 1 is 0.375 bits per heavy atom. The number of benzene rings is 9. The van der Waals surface area contributed by atoms with Crippen LogP contribution in [0.5, 0.6) is 0 Å². The maximum Gasteiger partial charge on any atom is 0.160 e. The van der Waals surface area contributed by atoms with Crippen molar-refractivity contribution in [2.24, 2.45) is 0 Å². The van der Waals surface area contributed by atoms with Gasteiger partial charge in [-0.25, -0.2) is 0 Å². The van der Waals surface area contributed by atoms with Crippen LogP contribution in [0.3, 0.4) is 0 Å². The summed E-state index contributed by atoms with van der Waals surface area (Å²) in [6.45, 7) is 0. The predicted molar refractivity (Wildman–Crippen MR) is 203 cm³/mol. The van der Waals surface area contributed by atoms with Crippen molar-refractivity contribution in [3.05, 3.63) is 164 Å². The Morgan fingerprint density at radius 2 is 0.938 bits per heavy atom. The largest absolute Gasteiger partial charge is 0.454 e. The van der Waals surface area contributed by atoms with E-state index in [-0.39, 0.29) is 0 Å². The average Bonchev–Trinajstić information content (AvgIpc) is 3.70. The van der Waals surface area contributed by atoms with E-state index in [2.05, 4.69) is 162 Å². The highest BCUT2D eigenvalue weighted by molar-refractivity contribution is 6.27. The first kappa shape index (κ1) is 25.8. The summed E-state index contributed by atoms with van der Waals surface area (Å²) >= 11 is 0. The molecule has 11 rings (SSSR count). The molecule has 2 aromatic heterocycles. The van der Waals surface area contributed by atoms with E-state index in [1.807, 2.05) is 6.07 Å². The molecule has 0 atom stereocenters. The molecular weight excluding hydrogens is 583 g/mol. The Morgan fingerprint density at radius 3 is 1.67 bits per heavy atom. The minimum Gasteiger partial charge on any atom is -0.454 e. The van der Waals surface area contributed by atoms with Crippen molar-refractivity contribution in [1.82, 2.24) is 4.57 Å². The lowest BCUT2D eigenvalue weighted by Crippen LogP contribution is -1.94. The molecule has 0 spiro atoms. The van der Waals surface area contributed by atoms with Gasteiger partial charge in [-0.2, -0.15) is 0 Å².